The van der Waals surface area contributed by atoms with Crippen LogP contribution in [0.1, 0.15) is 17.3 Å². The topological polar surface area (TPSA) is 152 Å². The number of rotatable bonds is 7. The van der Waals surface area contributed by atoms with Gasteiger partial charge in [0.15, 0.2) is 0 Å². The van der Waals surface area contributed by atoms with Gasteiger partial charge in [-0.05, 0) is 19.1 Å². The zero-order valence-electron chi connectivity index (χ0n) is 17.6. The molecular weight excluding hydrogens is 422 g/mol. The molecule has 0 saturated carbocycles. The molecule has 1 aliphatic rings. The highest BCUT2D eigenvalue weighted by atomic mass is 16.6. The number of methoxy groups -OCH3 is 1. The Morgan fingerprint density at radius 3 is 2.56 bits per heavy atom. The molecule has 2 heterocycles. The summed E-state index contributed by atoms with van der Waals surface area (Å²) in [6, 6.07) is 6.56. The number of hydrogen-bond acceptors (Lipinski definition) is 10. The quantitative estimate of drug-likeness (QED) is 0.473. The maximum Gasteiger partial charge on any atom is 0.409 e. The molecular formula is C19H23N7O6. The van der Waals surface area contributed by atoms with E-state index in [9.17, 15) is 19.7 Å². The third-order valence-corrected chi connectivity index (χ3v) is 4.74. The van der Waals surface area contributed by atoms with Crippen LogP contribution < -0.4 is 20.5 Å². The lowest BCUT2D eigenvalue weighted by molar-refractivity contribution is -0.383. The molecule has 2 N–H and O–H groups in total. The molecule has 13 nitrogen and oxygen atoms in total. The molecule has 1 aliphatic heterocycles. The summed E-state index contributed by atoms with van der Waals surface area (Å²) >= 11 is 0. The summed E-state index contributed by atoms with van der Waals surface area (Å²) in [7, 11) is 1.43. The van der Waals surface area contributed by atoms with Gasteiger partial charge in [0.25, 0.3) is 5.91 Å². The van der Waals surface area contributed by atoms with E-state index in [1.165, 1.54) is 12.0 Å². The molecule has 0 unspecified atom stereocenters. The van der Waals surface area contributed by atoms with Crippen molar-refractivity contribution < 1.29 is 24.0 Å². The van der Waals surface area contributed by atoms with E-state index >= 15 is 0 Å². The van der Waals surface area contributed by atoms with Gasteiger partial charge >= 0.3 is 11.8 Å². The van der Waals surface area contributed by atoms with E-state index in [1.54, 1.807) is 36.1 Å². The number of aromatic nitrogens is 2. The molecule has 1 aromatic carbocycles. The maximum atomic E-state index is 12.5. The van der Waals surface area contributed by atoms with E-state index in [4.69, 9.17) is 9.47 Å². The Kier molecular flexibility index (Phi) is 7.21. The summed E-state index contributed by atoms with van der Waals surface area (Å²) in [5, 5.41) is 11.8. The summed E-state index contributed by atoms with van der Waals surface area (Å²) in [4.78, 5) is 46.7. The van der Waals surface area contributed by atoms with Crippen LogP contribution in [0.5, 0.6) is 5.75 Å². The number of carbonyl (C=O) groups is 2. The van der Waals surface area contributed by atoms with Gasteiger partial charge < -0.3 is 19.3 Å². The van der Waals surface area contributed by atoms with Crippen LogP contribution in [0.4, 0.5) is 22.1 Å². The van der Waals surface area contributed by atoms with Gasteiger partial charge in [-0.2, -0.15) is 0 Å². The number of nitrogens with one attached hydrogen (secondary N) is 2. The van der Waals surface area contributed by atoms with Crippen LogP contribution in [0.25, 0.3) is 0 Å². The van der Waals surface area contributed by atoms with Crippen LogP contribution in [0.2, 0.25) is 0 Å². The molecule has 2 aromatic rings. The number of benzene rings is 1. The standard InChI is InChI=1S/C19H23N7O6/c1-3-32-19(28)25-10-8-24(9-11-25)17-15(26(29)30)16(20-12-21-17)22-23-18(27)13-6-4-5-7-14(13)31-2/h4-7,12H,3,8-11H2,1-2H3,(H,23,27)(H,20,21,22). The lowest BCUT2D eigenvalue weighted by atomic mass is 10.2. The van der Waals surface area contributed by atoms with Crippen molar-refractivity contribution >= 4 is 29.3 Å². The summed E-state index contributed by atoms with van der Waals surface area (Å²) in [6.45, 7) is 3.29. The number of ether oxygens (including phenoxy) is 2. The predicted molar refractivity (Wildman–Crippen MR) is 114 cm³/mol. The number of hydrogen-bond donors (Lipinski definition) is 2. The Morgan fingerprint density at radius 2 is 1.91 bits per heavy atom. The normalized spacial score (nSPS) is 13.3. The smallest absolute Gasteiger partial charge is 0.409 e. The number of hydrazine groups is 1. The Hall–Kier alpha value is -4.16. The van der Waals surface area contributed by atoms with Gasteiger partial charge in [-0.15, -0.1) is 0 Å². The van der Waals surface area contributed by atoms with Gasteiger partial charge in [0, 0.05) is 26.2 Å². The number of amides is 2. The molecule has 1 saturated heterocycles. The molecule has 0 radical (unpaired) electrons. The summed E-state index contributed by atoms with van der Waals surface area (Å²) in [5.74, 6) is -0.289. The molecule has 170 valence electrons. The van der Waals surface area contributed by atoms with Crippen molar-refractivity contribution in [2.45, 2.75) is 6.92 Å². The fourth-order valence-corrected chi connectivity index (χ4v) is 3.19. The molecule has 0 spiro atoms. The minimum absolute atomic E-state index is 0.0857. The number of nitrogens with zero attached hydrogens (tertiary/aromatic N) is 5. The molecule has 32 heavy (non-hydrogen) atoms. The monoisotopic (exact) mass is 445 g/mol. The van der Waals surface area contributed by atoms with E-state index in [1.807, 2.05) is 0 Å². The first-order valence-electron chi connectivity index (χ1n) is 9.81. The molecule has 0 atom stereocenters. The van der Waals surface area contributed by atoms with Crippen molar-refractivity contribution in [2.24, 2.45) is 0 Å². The lowest BCUT2D eigenvalue weighted by Crippen LogP contribution is -2.49. The first-order valence-corrected chi connectivity index (χ1v) is 9.81. The van der Waals surface area contributed by atoms with Crippen molar-refractivity contribution in [3.05, 3.63) is 46.3 Å². The minimum Gasteiger partial charge on any atom is -0.496 e. The average Bonchev–Trinajstić information content (AvgIpc) is 2.82. The average molecular weight is 445 g/mol. The van der Waals surface area contributed by atoms with Crippen LogP contribution in [0.15, 0.2) is 30.6 Å². The second-order valence-electron chi connectivity index (χ2n) is 6.60. The number of piperazine rings is 1. The van der Waals surface area contributed by atoms with Crippen LogP contribution in [-0.2, 0) is 4.74 Å². The largest absolute Gasteiger partial charge is 0.496 e. The van der Waals surface area contributed by atoms with Crippen LogP contribution in [-0.4, -0.2) is 71.7 Å². The Bertz CT molecular complexity index is 994. The van der Waals surface area contributed by atoms with Crippen molar-refractivity contribution in [1.29, 1.82) is 0 Å². The summed E-state index contributed by atoms with van der Waals surface area (Å²) < 4.78 is 10.1. The highest BCUT2D eigenvalue weighted by molar-refractivity contribution is 5.97. The van der Waals surface area contributed by atoms with Gasteiger partial charge in [-0.3, -0.25) is 25.8 Å². The molecule has 0 aliphatic carbocycles. The first-order chi connectivity index (χ1) is 15.5. The van der Waals surface area contributed by atoms with Crippen LogP contribution in [0, 0.1) is 10.1 Å². The number of carbonyl (C=O) groups excluding carboxylic acids is 2. The minimum atomic E-state index is -0.620. The van der Waals surface area contributed by atoms with E-state index in [0.29, 0.717) is 31.9 Å². The fraction of sp³-hybridized carbons (Fsp3) is 0.368. The molecule has 1 fully saturated rings. The number of nitro groups is 1. The maximum absolute atomic E-state index is 12.5. The molecule has 1 aromatic heterocycles. The van der Waals surface area contributed by atoms with Crippen molar-refractivity contribution in [2.75, 3.05) is 50.2 Å². The highest BCUT2D eigenvalue weighted by Crippen LogP contribution is 2.32. The Morgan fingerprint density at radius 1 is 1.19 bits per heavy atom. The molecule has 0 bridgehead atoms. The number of para-hydroxylation sites is 1. The van der Waals surface area contributed by atoms with Crippen molar-refractivity contribution in [1.82, 2.24) is 20.3 Å². The van der Waals surface area contributed by atoms with Gasteiger partial charge in [0.1, 0.15) is 12.1 Å². The first kappa shape index (κ1) is 22.5. The van der Waals surface area contributed by atoms with Gasteiger partial charge in [0.05, 0.1) is 24.2 Å². The summed E-state index contributed by atoms with van der Waals surface area (Å²) in [6.07, 6.45) is 0.739. The van der Waals surface area contributed by atoms with E-state index in [0.717, 1.165) is 6.33 Å². The van der Waals surface area contributed by atoms with Crippen LogP contribution in [0.3, 0.4) is 0 Å². The zero-order valence-corrected chi connectivity index (χ0v) is 17.6. The van der Waals surface area contributed by atoms with Crippen LogP contribution >= 0.6 is 0 Å². The van der Waals surface area contributed by atoms with Gasteiger partial charge in [-0.25, -0.2) is 14.8 Å². The second kappa shape index (κ2) is 10.2. The third kappa shape index (κ3) is 4.94. The molecule has 3 rings (SSSR count). The lowest BCUT2D eigenvalue weighted by Gasteiger charge is -2.34. The van der Waals surface area contributed by atoms with E-state index < -0.39 is 22.6 Å². The molecule has 2 amide bonds. The second-order valence-corrected chi connectivity index (χ2v) is 6.60. The third-order valence-electron chi connectivity index (χ3n) is 4.74. The van der Waals surface area contributed by atoms with E-state index in [-0.39, 0.29) is 23.8 Å². The van der Waals surface area contributed by atoms with Gasteiger partial charge in [0.2, 0.25) is 11.6 Å². The molecule has 13 heteroatoms. The number of anilines is 2. The summed E-state index contributed by atoms with van der Waals surface area (Å²) in [5.41, 5.74) is 4.76. The predicted octanol–water partition coefficient (Wildman–Crippen LogP) is 1.43. The zero-order chi connectivity index (χ0) is 23.1. The highest BCUT2D eigenvalue weighted by Gasteiger charge is 2.31. The van der Waals surface area contributed by atoms with Crippen molar-refractivity contribution in [3.63, 3.8) is 0 Å². The Balaban J connectivity index is 1.75. The Labute approximate surface area is 183 Å². The van der Waals surface area contributed by atoms with Gasteiger partial charge in [-0.1, -0.05) is 12.1 Å². The SMILES string of the molecule is CCOC(=O)N1CCN(c2ncnc(NNC(=O)c3ccccc3OC)c2[N+](=O)[O-])CC1. The van der Waals surface area contributed by atoms with E-state index in [2.05, 4.69) is 20.8 Å². The van der Waals surface area contributed by atoms with Crippen molar-refractivity contribution in [3.8, 4) is 5.75 Å². The fourth-order valence-electron chi connectivity index (χ4n) is 3.19.